The zero-order chi connectivity index (χ0) is 18.3. The van der Waals surface area contributed by atoms with Crippen LogP contribution in [0, 0.1) is 5.41 Å². The van der Waals surface area contributed by atoms with Crippen LogP contribution in [0.4, 0.5) is 4.79 Å². The van der Waals surface area contributed by atoms with Crippen molar-refractivity contribution in [2.24, 2.45) is 5.41 Å². The molecule has 9 heteroatoms. The molecule has 2 aliphatic heterocycles. The molecule has 1 N–H and O–H groups in total. The molecule has 0 aromatic carbocycles. The first kappa shape index (κ1) is 20.1. The summed E-state index contributed by atoms with van der Waals surface area (Å²) in [5, 5.41) is 7.45. The van der Waals surface area contributed by atoms with Gasteiger partial charge in [-0.05, 0) is 60.2 Å². The number of urea groups is 1. The molecule has 1 atom stereocenters. The molecule has 3 fully saturated rings. The van der Waals surface area contributed by atoms with Crippen LogP contribution in [-0.2, 0) is 16.1 Å². The van der Waals surface area contributed by atoms with E-state index >= 15 is 0 Å². The molecule has 1 aromatic rings. The molecule has 0 radical (unpaired) electrons. The van der Waals surface area contributed by atoms with Crippen LogP contribution in [0.5, 0.6) is 0 Å². The maximum atomic E-state index is 13.1. The molecule has 1 unspecified atom stereocenters. The van der Waals surface area contributed by atoms with Crippen molar-refractivity contribution >= 4 is 41.6 Å². The van der Waals surface area contributed by atoms with Gasteiger partial charge < -0.3 is 15.1 Å². The molecule has 1 aliphatic carbocycles. The molecule has 2 saturated heterocycles. The third kappa shape index (κ3) is 3.83. The van der Waals surface area contributed by atoms with Gasteiger partial charge in [-0.3, -0.25) is 14.5 Å². The zero-order valence-corrected chi connectivity index (χ0v) is 17.0. The fourth-order valence-electron chi connectivity index (χ4n) is 4.23. The van der Waals surface area contributed by atoms with E-state index < -0.39 is 0 Å². The summed E-state index contributed by atoms with van der Waals surface area (Å²) in [6.45, 7) is 2.43. The molecule has 27 heavy (non-hydrogen) atoms. The van der Waals surface area contributed by atoms with Gasteiger partial charge in [0.15, 0.2) is 0 Å². The van der Waals surface area contributed by atoms with E-state index in [2.05, 4.69) is 10.7 Å². The van der Waals surface area contributed by atoms with E-state index in [9.17, 15) is 14.4 Å². The monoisotopic (exact) mass is 412 g/mol. The lowest BCUT2D eigenvalue weighted by molar-refractivity contribution is -0.138. The van der Waals surface area contributed by atoms with Crippen LogP contribution in [-0.4, -0.2) is 71.8 Å². The highest BCUT2D eigenvalue weighted by molar-refractivity contribution is 7.07. The predicted molar refractivity (Wildman–Crippen MR) is 105 cm³/mol. The first-order valence-electron chi connectivity index (χ1n) is 9.07. The molecule has 0 bridgehead atoms. The zero-order valence-electron chi connectivity index (χ0n) is 15.3. The van der Waals surface area contributed by atoms with Crippen LogP contribution in [0.3, 0.4) is 0 Å². The Bertz CT molecular complexity index is 720. The van der Waals surface area contributed by atoms with Crippen molar-refractivity contribution in [1.82, 2.24) is 20.0 Å². The summed E-state index contributed by atoms with van der Waals surface area (Å²) in [6, 6.07) is 1.86. The Labute approximate surface area is 169 Å². The van der Waals surface area contributed by atoms with Crippen molar-refractivity contribution < 1.29 is 14.4 Å². The number of carbonyl (C=O) groups excluding carboxylic acids is 3. The van der Waals surface area contributed by atoms with Gasteiger partial charge in [0.05, 0.1) is 0 Å². The molecular formula is C18H25ClN4O3S. The van der Waals surface area contributed by atoms with E-state index in [1.165, 1.54) is 4.90 Å². The number of carbonyl (C=O) groups is 3. The molecule has 7 nitrogen and oxygen atoms in total. The van der Waals surface area contributed by atoms with Gasteiger partial charge in [-0.15, -0.1) is 12.4 Å². The molecular weight excluding hydrogens is 388 g/mol. The summed E-state index contributed by atoms with van der Waals surface area (Å²) >= 11 is 1.61. The van der Waals surface area contributed by atoms with Crippen LogP contribution in [0.15, 0.2) is 16.8 Å². The van der Waals surface area contributed by atoms with Gasteiger partial charge in [-0.2, -0.15) is 11.3 Å². The van der Waals surface area contributed by atoms with Crippen molar-refractivity contribution in [3.8, 4) is 0 Å². The van der Waals surface area contributed by atoms with Gasteiger partial charge in [0, 0.05) is 19.6 Å². The van der Waals surface area contributed by atoms with Crippen LogP contribution in [0.2, 0.25) is 0 Å². The fraction of sp³-hybridized carbons (Fsp3) is 0.611. The summed E-state index contributed by atoms with van der Waals surface area (Å²) in [6.07, 6.45) is 3.18. The Morgan fingerprint density at radius 3 is 2.70 bits per heavy atom. The maximum Gasteiger partial charge on any atom is 0.327 e. The number of hydrogen-bond donors (Lipinski definition) is 1. The van der Waals surface area contributed by atoms with Crippen LogP contribution < -0.4 is 5.32 Å². The summed E-state index contributed by atoms with van der Waals surface area (Å²) in [4.78, 5) is 41.6. The number of piperidine rings is 1. The van der Waals surface area contributed by atoms with Gasteiger partial charge in [-0.1, -0.05) is 0 Å². The highest BCUT2D eigenvalue weighted by atomic mass is 35.5. The highest BCUT2D eigenvalue weighted by Crippen LogP contribution is 2.56. The normalized spacial score (nSPS) is 23.5. The molecule has 1 saturated carbocycles. The number of amides is 4. The smallest absolute Gasteiger partial charge is 0.327 e. The summed E-state index contributed by atoms with van der Waals surface area (Å²) in [5.74, 6) is -0.428. The molecule has 4 amide bonds. The molecule has 3 heterocycles. The minimum absolute atomic E-state index is 0. The number of thiophene rings is 1. The van der Waals surface area contributed by atoms with Gasteiger partial charge >= 0.3 is 6.03 Å². The van der Waals surface area contributed by atoms with Crippen molar-refractivity contribution in [1.29, 1.82) is 0 Å². The standard InChI is InChI=1S/C18H24N4O3S.ClH/c1-20-10-15(23)22(17(20)25)11-16(24)21(9-13-2-7-26-12-13)14-8-18(14)3-5-19-6-4-18;/h2,7,12,14,19H,3-6,8-11H2,1H3;1H. The van der Waals surface area contributed by atoms with Gasteiger partial charge in [0.1, 0.15) is 13.1 Å². The molecule has 148 valence electrons. The van der Waals surface area contributed by atoms with Crippen molar-refractivity contribution in [2.45, 2.75) is 31.8 Å². The van der Waals surface area contributed by atoms with Crippen molar-refractivity contribution in [3.63, 3.8) is 0 Å². The van der Waals surface area contributed by atoms with Gasteiger partial charge in [0.25, 0.3) is 5.91 Å². The van der Waals surface area contributed by atoms with E-state index in [4.69, 9.17) is 0 Å². The van der Waals surface area contributed by atoms with Crippen LogP contribution in [0.25, 0.3) is 0 Å². The summed E-state index contributed by atoms with van der Waals surface area (Å²) in [5.41, 5.74) is 1.32. The first-order valence-corrected chi connectivity index (χ1v) is 10.0. The lowest BCUT2D eigenvalue weighted by Crippen LogP contribution is -2.45. The number of likely N-dealkylation sites (N-methyl/N-ethyl adjacent to an activating group) is 1. The Balaban J connectivity index is 0.00000210. The molecule has 4 rings (SSSR count). The predicted octanol–water partition coefficient (Wildman–Crippen LogP) is 1.53. The number of halogens is 1. The summed E-state index contributed by atoms with van der Waals surface area (Å²) in [7, 11) is 1.58. The average molecular weight is 413 g/mol. The second-order valence-electron chi connectivity index (χ2n) is 7.60. The third-order valence-electron chi connectivity index (χ3n) is 5.90. The average Bonchev–Trinajstić information content (AvgIpc) is 2.96. The van der Waals surface area contributed by atoms with E-state index in [0.717, 1.165) is 42.8 Å². The Hall–Kier alpha value is -1.64. The van der Waals surface area contributed by atoms with Crippen LogP contribution >= 0.6 is 23.7 Å². The molecule has 1 spiro atoms. The van der Waals surface area contributed by atoms with Crippen LogP contribution in [0.1, 0.15) is 24.8 Å². The van der Waals surface area contributed by atoms with Crippen molar-refractivity contribution in [2.75, 3.05) is 33.2 Å². The Morgan fingerprint density at radius 2 is 2.11 bits per heavy atom. The Morgan fingerprint density at radius 1 is 1.37 bits per heavy atom. The second kappa shape index (κ2) is 7.77. The van der Waals surface area contributed by atoms with E-state index in [1.54, 1.807) is 18.4 Å². The first-order chi connectivity index (χ1) is 12.5. The van der Waals surface area contributed by atoms with Gasteiger partial charge in [-0.25, -0.2) is 4.79 Å². The van der Waals surface area contributed by atoms with Gasteiger partial charge in [0.2, 0.25) is 5.91 Å². The third-order valence-corrected chi connectivity index (χ3v) is 6.63. The molecule has 1 aromatic heterocycles. The number of imide groups is 1. The topological polar surface area (TPSA) is 73.0 Å². The number of rotatable bonds is 5. The second-order valence-corrected chi connectivity index (χ2v) is 8.38. The SMILES string of the molecule is CN1CC(=O)N(CC(=O)N(Cc2ccsc2)C2CC23CCNCC3)C1=O.Cl. The van der Waals surface area contributed by atoms with Crippen molar-refractivity contribution in [3.05, 3.63) is 22.4 Å². The number of hydrogen-bond acceptors (Lipinski definition) is 5. The maximum absolute atomic E-state index is 13.1. The Kier molecular flexibility index (Phi) is 5.79. The van der Waals surface area contributed by atoms with E-state index in [1.807, 2.05) is 16.3 Å². The highest BCUT2D eigenvalue weighted by Gasteiger charge is 2.58. The van der Waals surface area contributed by atoms with E-state index in [-0.39, 0.29) is 54.8 Å². The summed E-state index contributed by atoms with van der Waals surface area (Å²) < 4.78 is 0. The lowest BCUT2D eigenvalue weighted by Gasteiger charge is -2.30. The largest absolute Gasteiger partial charge is 0.333 e. The van der Waals surface area contributed by atoms with E-state index in [0.29, 0.717) is 6.54 Å². The minimum Gasteiger partial charge on any atom is -0.333 e. The number of nitrogens with one attached hydrogen (secondary N) is 1. The minimum atomic E-state index is -0.383. The quantitative estimate of drug-likeness (QED) is 0.744. The lowest BCUT2D eigenvalue weighted by atomic mass is 9.93. The molecule has 3 aliphatic rings. The number of nitrogens with zero attached hydrogens (tertiary/aromatic N) is 3. The fourth-order valence-corrected chi connectivity index (χ4v) is 4.89.